The number of aryl methyl sites for hydroxylation is 2. The number of urea groups is 2. The van der Waals surface area contributed by atoms with Gasteiger partial charge < -0.3 is 10.6 Å². The Labute approximate surface area is 159 Å². The molecule has 4 N–H and O–H groups in total. The quantitative estimate of drug-likeness (QED) is 0.600. The van der Waals surface area contributed by atoms with Crippen molar-refractivity contribution in [2.45, 2.75) is 39.7 Å². The Balaban J connectivity index is 1.74. The number of amides is 4. The summed E-state index contributed by atoms with van der Waals surface area (Å²) >= 11 is 0. The maximum atomic E-state index is 12.1. The van der Waals surface area contributed by atoms with Gasteiger partial charge in [-0.15, -0.1) is 0 Å². The summed E-state index contributed by atoms with van der Waals surface area (Å²) in [5.41, 5.74) is 1.78. The molecule has 144 valence electrons. The number of carbonyl (C=O) groups is 2. The van der Waals surface area contributed by atoms with Crippen LogP contribution in [0.2, 0.25) is 0 Å². The molecule has 8 heteroatoms. The molecule has 8 nitrogen and oxygen atoms in total. The van der Waals surface area contributed by atoms with E-state index in [1.54, 1.807) is 12.4 Å². The van der Waals surface area contributed by atoms with E-state index in [0.717, 1.165) is 17.5 Å². The van der Waals surface area contributed by atoms with Gasteiger partial charge in [-0.3, -0.25) is 10.6 Å². The third kappa shape index (κ3) is 6.58. The molecule has 2 aromatic heterocycles. The van der Waals surface area contributed by atoms with Crippen LogP contribution < -0.4 is 21.3 Å². The third-order valence-electron chi connectivity index (χ3n) is 4.09. The number of hydrogen-bond donors (Lipinski definition) is 4. The average molecular weight is 370 g/mol. The summed E-state index contributed by atoms with van der Waals surface area (Å²) in [6, 6.07) is 6.69. The highest BCUT2D eigenvalue weighted by molar-refractivity contribution is 5.89. The minimum Gasteiger partial charge on any atom is -0.338 e. The third-order valence-corrected chi connectivity index (χ3v) is 4.09. The molecule has 0 aliphatic carbocycles. The molecule has 0 aliphatic heterocycles. The first-order valence-electron chi connectivity index (χ1n) is 8.95. The fraction of sp³-hybridized carbons (Fsp3) is 0.368. The van der Waals surface area contributed by atoms with E-state index in [9.17, 15) is 9.59 Å². The van der Waals surface area contributed by atoms with Crippen molar-refractivity contribution in [1.82, 2.24) is 20.6 Å². The Morgan fingerprint density at radius 3 is 2.04 bits per heavy atom. The zero-order chi connectivity index (χ0) is 19.6. The monoisotopic (exact) mass is 370 g/mol. The second-order valence-corrected chi connectivity index (χ2v) is 6.21. The lowest BCUT2D eigenvalue weighted by atomic mass is 10.1. The minimum absolute atomic E-state index is 0.0640. The molecule has 0 bridgehead atoms. The number of hydrogen-bond acceptors (Lipinski definition) is 4. The molecule has 0 fully saturated rings. The summed E-state index contributed by atoms with van der Waals surface area (Å²) in [7, 11) is 0. The normalized spacial score (nSPS) is 11.4. The van der Waals surface area contributed by atoms with Crippen molar-refractivity contribution in [3.63, 3.8) is 0 Å². The van der Waals surface area contributed by atoms with Gasteiger partial charge in [0.15, 0.2) is 0 Å². The maximum absolute atomic E-state index is 12.1. The van der Waals surface area contributed by atoms with Gasteiger partial charge in [0.05, 0.1) is 0 Å². The summed E-state index contributed by atoms with van der Waals surface area (Å²) in [5.74, 6) is 1.07. The Bertz CT molecular complexity index is 780. The van der Waals surface area contributed by atoms with Crippen molar-refractivity contribution >= 4 is 23.7 Å². The van der Waals surface area contributed by atoms with E-state index < -0.39 is 0 Å². The molecule has 0 radical (unpaired) electrons. The first-order chi connectivity index (χ1) is 13.0. The topological polar surface area (TPSA) is 108 Å². The molecule has 1 atom stereocenters. The Kier molecular flexibility index (Phi) is 7.54. The van der Waals surface area contributed by atoms with Gasteiger partial charge in [-0.2, -0.15) is 0 Å². The lowest BCUT2D eigenvalue weighted by molar-refractivity contribution is 0.246. The summed E-state index contributed by atoms with van der Waals surface area (Å²) in [6.07, 6.45) is 4.62. The molecule has 0 spiro atoms. The van der Waals surface area contributed by atoms with E-state index in [0.29, 0.717) is 24.6 Å². The molecule has 0 aliphatic rings. The zero-order valence-corrected chi connectivity index (χ0v) is 15.9. The first kappa shape index (κ1) is 20.2. The maximum Gasteiger partial charge on any atom is 0.320 e. The van der Waals surface area contributed by atoms with Crippen LogP contribution >= 0.6 is 0 Å². The Morgan fingerprint density at radius 1 is 0.963 bits per heavy atom. The highest BCUT2D eigenvalue weighted by Gasteiger charge is 2.12. The second-order valence-electron chi connectivity index (χ2n) is 6.21. The number of aromatic nitrogens is 2. The SMILES string of the molecule is CC[C@H](CCNC(=O)Nc1ncccc1C)NC(=O)Nc1ncccc1C. The number of nitrogens with one attached hydrogen (secondary N) is 4. The molecular weight excluding hydrogens is 344 g/mol. The van der Waals surface area contributed by atoms with Crippen molar-refractivity contribution < 1.29 is 9.59 Å². The molecular formula is C19H26N6O2. The average Bonchev–Trinajstić information content (AvgIpc) is 2.64. The van der Waals surface area contributed by atoms with E-state index in [1.807, 2.05) is 45.0 Å². The van der Waals surface area contributed by atoms with Crippen LogP contribution in [0, 0.1) is 13.8 Å². The lowest BCUT2D eigenvalue weighted by Gasteiger charge is -2.18. The number of rotatable bonds is 7. The Morgan fingerprint density at radius 2 is 1.52 bits per heavy atom. The van der Waals surface area contributed by atoms with Crippen LogP contribution in [-0.2, 0) is 0 Å². The first-order valence-corrected chi connectivity index (χ1v) is 8.95. The van der Waals surface area contributed by atoms with Crippen molar-refractivity contribution in [1.29, 1.82) is 0 Å². The van der Waals surface area contributed by atoms with Crippen molar-refractivity contribution in [2.75, 3.05) is 17.2 Å². The van der Waals surface area contributed by atoms with E-state index >= 15 is 0 Å². The van der Waals surface area contributed by atoms with E-state index in [1.165, 1.54) is 0 Å². The van der Waals surface area contributed by atoms with E-state index in [-0.39, 0.29) is 18.1 Å². The van der Waals surface area contributed by atoms with Crippen molar-refractivity contribution in [2.24, 2.45) is 0 Å². The molecule has 27 heavy (non-hydrogen) atoms. The van der Waals surface area contributed by atoms with Gasteiger partial charge in [-0.25, -0.2) is 19.6 Å². The largest absolute Gasteiger partial charge is 0.338 e. The molecule has 0 aromatic carbocycles. The van der Waals surface area contributed by atoms with Crippen LogP contribution in [0.15, 0.2) is 36.7 Å². The molecule has 2 heterocycles. The van der Waals surface area contributed by atoms with Crippen LogP contribution in [-0.4, -0.2) is 34.6 Å². The molecule has 0 unspecified atom stereocenters. The number of anilines is 2. The van der Waals surface area contributed by atoms with Crippen molar-refractivity contribution in [3.8, 4) is 0 Å². The summed E-state index contributed by atoms with van der Waals surface area (Å²) in [6.45, 7) is 6.17. The summed E-state index contributed by atoms with van der Waals surface area (Å²) < 4.78 is 0. The van der Waals surface area contributed by atoms with Gasteiger partial charge in [0.1, 0.15) is 11.6 Å². The smallest absolute Gasteiger partial charge is 0.320 e. The summed E-state index contributed by atoms with van der Waals surface area (Å²) in [5, 5.41) is 11.1. The van der Waals surface area contributed by atoms with E-state index in [4.69, 9.17) is 0 Å². The van der Waals surface area contributed by atoms with Crippen LogP contribution in [0.4, 0.5) is 21.2 Å². The molecule has 2 aromatic rings. The highest BCUT2D eigenvalue weighted by atomic mass is 16.2. The standard InChI is InChI=1S/C19H26N6O2/c1-4-15(23-19(27)25-17-14(3)8-6-11-21-17)9-12-22-18(26)24-16-13(2)7-5-10-20-16/h5-8,10-11,15H,4,9,12H2,1-3H3,(H2,20,22,24,26)(H2,21,23,25,27)/t15-/m1/s1. The predicted octanol–water partition coefficient (Wildman–Crippen LogP) is 3.21. The van der Waals surface area contributed by atoms with Crippen LogP contribution in [0.25, 0.3) is 0 Å². The molecule has 0 saturated carbocycles. The molecule has 0 saturated heterocycles. The van der Waals surface area contributed by atoms with Crippen LogP contribution in [0.5, 0.6) is 0 Å². The van der Waals surface area contributed by atoms with E-state index in [2.05, 4.69) is 31.2 Å². The van der Waals surface area contributed by atoms with Gasteiger partial charge in [0.2, 0.25) is 0 Å². The predicted molar refractivity (Wildman–Crippen MR) is 106 cm³/mol. The number of carbonyl (C=O) groups excluding carboxylic acids is 2. The molecule has 4 amide bonds. The number of nitrogens with zero attached hydrogens (tertiary/aromatic N) is 2. The van der Waals surface area contributed by atoms with Crippen LogP contribution in [0.1, 0.15) is 30.9 Å². The second kappa shape index (κ2) is 10.1. The minimum atomic E-state index is -0.319. The van der Waals surface area contributed by atoms with Gasteiger partial charge in [0.25, 0.3) is 0 Å². The van der Waals surface area contributed by atoms with Gasteiger partial charge in [0, 0.05) is 25.0 Å². The van der Waals surface area contributed by atoms with Gasteiger partial charge >= 0.3 is 12.1 Å². The van der Waals surface area contributed by atoms with Gasteiger partial charge in [-0.1, -0.05) is 19.1 Å². The fourth-order valence-corrected chi connectivity index (χ4v) is 2.45. The molecule has 2 rings (SSSR count). The highest BCUT2D eigenvalue weighted by Crippen LogP contribution is 2.10. The van der Waals surface area contributed by atoms with Crippen LogP contribution in [0.3, 0.4) is 0 Å². The zero-order valence-electron chi connectivity index (χ0n) is 15.9. The Hall–Kier alpha value is -3.16. The lowest BCUT2D eigenvalue weighted by Crippen LogP contribution is -2.40. The van der Waals surface area contributed by atoms with Gasteiger partial charge in [-0.05, 0) is 49.9 Å². The summed E-state index contributed by atoms with van der Waals surface area (Å²) in [4.78, 5) is 32.4. The number of pyridine rings is 2. The fourth-order valence-electron chi connectivity index (χ4n) is 2.45. The van der Waals surface area contributed by atoms with Crippen molar-refractivity contribution in [3.05, 3.63) is 47.8 Å².